The first-order chi connectivity index (χ1) is 12.2. The van der Waals surface area contributed by atoms with Crippen LogP contribution in [0, 0.1) is 5.82 Å². The predicted molar refractivity (Wildman–Crippen MR) is 102 cm³/mol. The molecule has 0 unspecified atom stereocenters. The third-order valence-corrected chi connectivity index (χ3v) is 4.80. The molecule has 25 heavy (non-hydrogen) atoms. The summed E-state index contributed by atoms with van der Waals surface area (Å²) in [5, 5.41) is 1.09. The molecule has 1 heterocycles. The largest absolute Gasteiger partial charge is 0.486 e. The van der Waals surface area contributed by atoms with E-state index in [4.69, 9.17) is 4.74 Å². The Morgan fingerprint density at radius 2 is 1.76 bits per heavy atom. The van der Waals surface area contributed by atoms with E-state index in [1.807, 2.05) is 71.4 Å². The normalized spacial score (nSPS) is 11.0. The van der Waals surface area contributed by atoms with Gasteiger partial charge < -0.3 is 9.30 Å². The van der Waals surface area contributed by atoms with Gasteiger partial charge in [0.15, 0.2) is 11.6 Å². The molecule has 0 aliphatic heterocycles. The van der Waals surface area contributed by atoms with Crippen LogP contribution in [0.25, 0.3) is 16.6 Å². The molecule has 0 spiro atoms. The lowest BCUT2D eigenvalue weighted by atomic mass is 10.2. The number of ether oxygens (including phenoxy) is 1. The zero-order valence-electron chi connectivity index (χ0n) is 13.3. The van der Waals surface area contributed by atoms with Crippen LogP contribution in [0.15, 0.2) is 83.5 Å². The fraction of sp³-hybridized carbons (Fsp3) is 0.0476. The van der Waals surface area contributed by atoms with Crippen molar-refractivity contribution in [1.29, 1.82) is 0 Å². The van der Waals surface area contributed by atoms with Gasteiger partial charge in [-0.2, -0.15) is 0 Å². The number of benzene rings is 3. The maximum absolute atomic E-state index is 14.5. The molecule has 0 saturated carbocycles. The van der Waals surface area contributed by atoms with E-state index in [2.05, 4.69) is 15.9 Å². The van der Waals surface area contributed by atoms with Crippen LogP contribution in [0.5, 0.6) is 5.75 Å². The van der Waals surface area contributed by atoms with Gasteiger partial charge >= 0.3 is 0 Å². The van der Waals surface area contributed by atoms with Crippen molar-refractivity contribution in [3.8, 4) is 11.4 Å². The van der Waals surface area contributed by atoms with Crippen molar-refractivity contribution >= 4 is 26.8 Å². The van der Waals surface area contributed by atoms with Crippen molar-refractivity contribution in [1.82, 2.24) is 4.57 Å². The first-order valence-electron chi connectivity index (χ1n) is 7.94. The van der Waals surface area contributed by atoms with Gasteiger partial charge in [-0.3, -0.25) is 0 Å². The standard InChI is InChI=1S/C21H15BrFNO/c22-18-7-4-8-20-17(18)11-12-24(20)16-9-10-21(19(23)13-16)25-14-15-5-2-1-3-6-15/h1-13H,14H2. The van der Waals surface area contributed by atoms with Gasteiger partial charge in [-0.25, -0.2) is 4.39 Å². The highest BCUT2D eigenvalue weighted by Gasteiger charge is 2.09. The Labute approximate surface area is 153 Å². The van der Waals surface area contributed by atoms with Crippen LogP contribution in [0.1, 0.15) is 5.56 Å². The average molecular weight is 396 g/mol. The second-order valence-corrected chi connectivity index (χ2v) is 6.60. The highest BCUT2D eigenvalue weighted by atomic mass is 79.9. The molecule has 0 amide bonds. The summed E-state index contributed by atoms with van der Waals surface area (Å²) < 4.78 is 23.1. The summed E-state index contributed by atoms with van der Waals surface area (Å²) in [6.45, 7) is 0.344. The number of nitrogens with zero attached hydrogens (tertiary/aromatic N) is 1. The van der Waals surface area contributed by atoms with Gasteiger partial charge in [-0.1, -0.05) is 52.3 Å². The smallest absolute Gasteiger partial charge is 0.167 e. The van der Waals surface area contributed by atoms with Crippen molar-refractivity contribution < 1.29 is 9.13 Å². The lowest BCUT2D eigenvalue weighted by molar-refractivity contribution is 0.290. The first kappa shape index (κ1) is 15.9. The Hall–Kier alpha value is -2.59. The predicted octanol–water partition coefficient (Wildman–Crippen LogP) is 6.11. The quantitative estimate of drug-likeness (QED) is 0.406. The molecule has 0 N–H and O–H groups in total. The number of aromatic nitrogens is 1. The molecule has 0 bridgehead atoms. The first-order valence-corrected chi connectivity index (χ1v) is 8.74. The van der Waals surface area contributed by atoms with Crippen LogP contribution >= 0.6 is 15.9 Å². The number of hydrogen-bond acceptors (Lipinski definition) is 1. The molecule has 4 rings (SSSR count). The minimum Gasteiger partial charge on any atom is -0.486 e. The molecule has 4 heteroatoms. The summed E-state index contributed by atoms with van der Waals surface area (Å²) in [5.74, 6) is -0.115. The van der Waals surface area contributed by atoms with E-state index in [0.29, 0.717) is 6.61 Å². The maximum Gasteiger partial charge on any atom is 0.167 e. The maximum atomic E-state index is 14.5. The summed E-state index contributed by atoms with van der Waals surface area (Å²) in [6, 6.07) is 22.8. The highest BCUT2D eigenvalue weighted by Crippen LogP contribution is 2.29. The monoisotopic (exact) mass is 395 g/mol. The molecule has 2 nitrogen and oxygen atoms in total. The molecular formula is C21H15BrFNO. The minimum atomic E-state index is -0.370. The van der Waals surface area contributed by atoms with Crippen molar-refractivity contribution in [2.24, 2.45) is 0 Å². The van der Waals surface area contributed by atoms with E-state index >= 15 is 0 Å². The molecule has 0 aliphatic rings. The molecule has 124 valence electrons. The van der Waals surface area contributed by atoms with Crippen molar-refractivity contribution in [2.45, 2.75) is 6.61 Å². The third-order valence-electron chi connectivity index (χ3n) is 4.11. The van der Waals surface area contributed by atoms with Crippen LogP contribution < -0.4 is 4.74 Å². The molecular weight excluding hydrogens is 381 g/mol. The molecule has 0 fully saturated rings. The Morgan fingerprint density at radius 3 is 2.56 bits per heavy atom. The lowest BCUT2D eigenvalue weighted by Gasteiger charge is -2.10. The summed E-state index contributed by atoms with van der Waals surface area (Å²) in [5.41, 5.74) is 2.79. The van der Waals surface area contributed by atoms with Gasteiger partial charge in [-0.05, 0) is 35.9 Å². The van der Waals surface area contributed by atoms with Crippen LogP contribution in [-0.2, 0) is 6.61 Å². The highest BCUT2D eigenvalue weighted by molar-refractivity contribution is 9.10. The molecule has 4 aromatic rings. The lowest BCUT2D eigenvalue weighted by Crippen LogP contribution is -1.99. The molecule has 0 aliphatic carbocycles. The molecule has 0 saturated heterocycles. The summed E-state index contributed by atoms with van der Waals surface area (Å²) in [7, 11) is 0. The van der Waals surface area contributed by atoms with E-state index in [0.717, 1.165) is 26.6 Å². The topological polar surface area (TPSA) is 14.2 Å². The Balaban J connectivity index is 1.62. The second-order valence-electron chi connectivity index (χ2n) is 5.75. The number of rotatable bonds is 4. The Morgan fingerprint density at radius 1 is 0.920 bits per heavy atom. The molecule has 1 aromatic heterocycles. The van der Waals surface area contributed by atoms with Gasteiger partial charge in [-0.15, -0.1) is 0 Å². The number of fused-ring (bicyclic) bond motifs is 1. The van der Waals surface area contributed by atoms with E-state index in [1.54, 1.807) is 6.07 Å². The molecule has 0 radical (unpaired) electrons. The van der Waals surface area contributed by atoms with Crippen molar-refractivity contribution in [3.05, 3.63) is 94.8 Å². The van der Waals surface area contributed by atoms with Crippen LogP contribution in [0.3, 0.4) is 0 Å². The van der Waals surface area contributed by atoms with Crippen molar-refractivity contribution in [2.75, 3.05) is 0 Å². The van der Waals surface area contributed by atoms with Gasteiger partial charge in [0.2, 0.25) is 0 Å². The number of hydrogen-bond donors (Lipinski definition) is 0. The van der Waals surface area contributed by atoms with Gasteiger partial charge in [0.1, 0.15) is 6.61 Å². The van der Waals surface area contributed by atoms with Crippen LogP contribution in [-0.4, -0.2) is 4.57 Å². The summed E-state index contributed by atoms with van der Waals surface area (Å²) in [4.78, 5) is 0. The number of halogens is 2. The summed E-state index contributed by atoms with van der Waals surface area (Å²) >= 11 is 3.54. The molecule has 3 aromatic carbocycles. The summed E-state index contributed by atoms with van der Waals surface area (Å²) in [6.07, 6.45) is 1.94. The van der Waals surface area contributed by atoms with Gasteiger partial charge in [0, 0.05) is 27.8 Å². The fourth-order valence-electron chi connectivity index (χ4n) is 2.85. The zero-order chi connectivity index (χ0) is 17.2. The molecule has 0 atom stereocenters. The van der Waals surface area contributed by atoms with Crippen molar-refractivity contribution in [3.63, 3.8) is 0 Å². The third kappa shape index (κ3) is 3.17. The average Bonchev–Trinajstić information content (AvgIpc) is 3.07. The van der Waals surface area contributed by atoms with E-state index in [9.17, 15) is 4.39 Å². The van der Waals surface area contributed by atoms with E-state index in [1.165, 1.54) is 6.07 Å². The SMILES string of the molecule is Fc1cc(-n2ccc3c(Br)cccc32)ccc1OCc1ccccc1. The van der Waals surface area contributed by atoms with E-state index < -0.39 is 0 Å². The fourth-order valence-corrected chi connectivity index (χ4v) is 3.34. The second kappa shape index (κ2) is 6.73. The van der Waals surface area contributed by atoms with E-state index in [-0.39, 0.29) is 11.6 Å². The van der Waals surface area contributed by atoms with Crippen LogP contribution in [0.2, 0.25) is 0 Å². The Kier molecular flexibility index (Phi) is 4.28. The minimum absolute atomic E-state index is 0.255. The van der Waals surface area contributed by atoms with Gasteiger partial charge in [0.25, 0.3) is 0 Å². The van der Waals surface area contributed by atoms with Crippen LogP contribution in [0.4, 0.5) is 4.39 Å². The van der Waals surface area contributed by atoms with Gasteiger partial charge in [0.05, 0.1) is 5.52 Å². The Bertz CT molecular complexity index is 1030. The zero-order valence-corrected chi connectivity index (χ0v) is 14.9.